The fraction of sp³-hybridized carbons (Fsp3) is 0.143. The molecule has 7 heteroatoms. The number of hydrogen-bond donors (Lipinski definition) is 0. The summed E-state index contributed by atoms with van der Waals surface area (Å²) in [6.45, 7) is 0. The Morgan fingerprint density at radius 2 is 1.43 bits per heavy atom. The molecular formula is C21H14F4N2O. The lowest BCUT2D eigenvalue weighted by Gasteiger charge is -2.37. The molecule has 2 heterocycles. The van der Waals surface area contributed by atoms with Gasteiger partial charge in [-0.1, -0.05) is 18.2 Å². The van der Waals surface area contributed by atoms with Crippen LogP contribution < -0.4 is 0 Å². The van der Waals surface area contributed by atoms with Crippen molar-refractivity contribution < 1.29 is 22.4 Å². The Balaban J connectivity index is 1.80. The van der Waals surface area contributed by atoms with E-state index in [1.165, 1.54) is 12.1 Å². The van der Waals surface area contributed by atoms with Gasteiger partial charge in [0.25, 0.3) is 5.91 Å². The Kier molecular flexibility index (Phi) is 4.37. The van der Waals surface area contributed by atoms with Gasteiger partial charge in [-0.05, 0) is 35.4 Å². The molecule has 3 nitrogen and oxygen atoms in total. The molecule has 0 saturated carbocycles. The molecule has 0 radical (unpaired) electrons. The monoisotopic (exact) mass is 386 g/mol. The predicted molar refractivity (Wildman–Crippen MR) is 95.4 cm³/mol. The van der Waals surface area contributed by atoms with Crippen LogP contribution in [0.2, 0.25) is 0 Å². The Morgan fingerprint density at radius 3 is 1.96 bits per heavy atom. The minimum atomic E-state index is -1.45. The lowest BCUT2D eigenvalue weighted by molar-refractivity contribution is -0.124. The summed E-state index contributed by atoms with van der Waals surface area (Å²) < 4.78 is 55.3. The average molecular weight is 386 g/mol. The summed E-state index contributed by atoms with van der Waals surface area (Å²) in [5, 5.41) is 0. The van der Waals surface area contributed by atoms with Crippen LogP contribution in [0.1, 0.15) is 11.1 Å². The largest absolute Gasteiger partial charge is 0.317 e. The summed E-state index contributed by atoms with van der Waals surface area (Å²) in [7, 11) is 0. The average Bonchev–Trinajstić information content (AvgIpc) is 2.92. The highest BCUT2D eigenvalue weighted by Crippen LogP contribution is 2.35. The maximum absolute atomic E-state index is 14.3. The van der Waals surface area contributed by atoms with E-state index in [1.807, 2.05) is 0 Å². The minimum absolute atomic E-state index is 0.0941. The molecule has 0 fully saturated rings. The van der Waals surface area contributed by atoms with Gasteiger partial charge >= 0.3 is 0 Å². The van der Waals surface area contributed by atoms with Crippen LogP contribution >= 0.6 is 0 Å². The van der Waals surface area contributed by atoms with Crippen molar-refractivity contribution in [2.45, 2.75) is 18.4 Å². The molecule has 0 unspecified atom stereocenters. The van der Waals surface area contributed by atoms with Crippen molar-refractivity contribution in [2.75, 3.05) is 0 Å². The van der Waals surface area contributed by atoms with E-state index in [4.69, 9.17) is 0 Å². The second kappa shape index (κ2) is 6.74. The van der Waals surface area contributed by atoms with E-state index in [-0.39, 0.29) is 24.0 Å². The Labute approximate surface area is 158 Å². The quantitative estimate of drug-likeness (QED) is 0.742. The van der Waals surface area contributed by atoms with Crippen molar-refractivity contribution in [1.29, 1.82) is 0 Å². The number of carbonyl (C=O) groups is 1. The molecule has 0 spiro atoms. The molecule has 0 saturated heterocycles. The van der Waals surface area contributed by atoms with Gasteiger partial charge in [-0.2, -0.15) is 4.99 Å². The van der Waals surface area contributed by atoms with Gasteiger partial charge in [0.2, 0.25) is 0 Å². The van der Waals surface area contributed by atoms with E-state index in [0.29, 0.717) is 5.84 Å². The third-order valence-corrected chi connectivity index (χ3v) is 4.91. The van der Waals surface area contributed by atoms with Gasteiger partial charge in [0, 0.05) is 31.2 Å². The van der Waals surface area contributed by atoms with Crippen molar-refractivity contribution in [3.63, 3.8) is 0 Å². The van der Waals surface area contributed by atoms with Crippen LogP contribution in [0.15, 0.2) is 65.8 Å². The number of fused-ring (bicyclic) bond motifs is 1. The molecule has 28 heavy (non-hydrogen) atoms. The Hall–Kier alpha value is -3.22. The molecular weight excluding hydrogens is 372 g/mol. The van der Waals surface area contributed by atoms with E-state index in [2.05, 4.69) is 4.99 Å². The highest BCUT2D eigenvalue weighted by atomic mass is 19.1. The number of allylic oxidation sites excluding steroid dienone is 2. The fourth-order valence-corrected chi connectivity index (χ4v) is 3.54. The maximum atomic E-state index is 14.3. The number of rotatable bonds is 4. The molecule has 2 aliphatic rings. The van der Waals surface area contributed by atoms with Gasteiger partial charge in [0.05, 0.1) is 0 Å². The Bertz CT molecular complexity index is 1000. The van der Waals surface area contributed by atoms with Crippen molar-refractivity contribution in [2.24, 2.45) is 4.99 Å². The standard InChI is InChI=1S/C21H14F4N2O/c22-15-6-4-13(17(24)9-15)11-21(12-14-5-7-16(23)10-18(14)25)20(28)26-19-3-1-2-8-27(19)21/h1-10H,11-12H2. The second-order valence-electron chi connectivity index (χ2n) is 6.70. The molecule has 2 aromatic carbocycles. The smallest absolute Gasteiger partial charge is 0.274 e. The highest BCUT2D eigenvalue weighted by molar-refractivity contribution is 6.12. The zero-order valence-corrected chi connectivity index (χ0v) is 14.5. The number of nitrogens with zero attached hydrogens (tertiary/aromatic N) is 2. The molecule has 0 aliphatic carbocycles. The van der Waals surface area contributed by atoms with Gasteiger partial charge in [-0.15, -0.1) is 0 Å². The number of halogens is 4. The third-order valence-electron chi connectivity index (χ3n) is 4.91. The Morgan fingerprint density at radius 1 is 0.857 bits per heavy atom. The maximum Gasteiger partial charge on any atom is 0.274 e. The van der Waals surface area contributed by atoms with Crippen LogP contribution in [0, 0.1) is 23.3 Å². The lowest BCUT2D eigenvalue weighted by atomic mass is 9.82. The number of amidine groups is 1. The zero-order valence-electron chi connectivity index (χ0n) is 14.5. The molecule has 2 aliphatic heterocycles. The van der Waals surface area contributed by atoms with Crippen molar-refractivity contribution in [3.05, 3.63) is 95.2 Å². The zero-order chi connectivity index (χ0) is 19.9. The van der Waals surface area contributed by atoms with Gasteiger partial charge < -0.3 is 4.90 Å². The molecule has 0 atom stereocenters. The number of aliphatic imine (C=N–C) groups is 1. The van der Waals surface area contributed by atoms with Crippen LogP contribution in [0.3, 0.4) is 0 Å². The molecule has 1 amide bonds. The van der Waals surface area contributed by atoms with Gasteiger partial charge in [-0.3, -0.25) is 4.79 Å². The van der Waals surface area contributed by atoms with Gasteiger partial charge in [-0.25, -0.2) is 17.6 Å². The summed E-state index contributed by atoms with van der Waals surface area (Å²) in [4.78, 5) is 18.5. The number of hydrogen-bond acceptors (Lipinski definition) is 2. The number of benzene rings is 2. The molecule has 142 valence electrons. The van der Waals surface area contributed by atoms with Gasteiger partial charge in [0.1, 0.15) is 34.6 Å². The third kappa shape index (κ3) is 3.02. The van der Waals surface area contributed by atoms with Crippen molar-refractivity contribution in [1.82, 2.24) is 4.90 Å². The fourth-order valence-electron chi connectivity index (χ4n) is 3.54. The van der Waals surface area contributed by atoms with Crippen LogP contribution in [0.5, 0.6) is 0 Å². The molecule has 0 N–H and O–H groups in total. The first-order valence-electron chi connectivity index (χ1n) is 8.54. The second-order valence-corrected chi connectivity index (χ2v) is 6.70. The summed E-state index contributed by atoms with van der Waals surface area (Å²) >= 11 is 0. The van der Waals surface area contributed by atoms with E-state index < -0.39 is 34.7 Å². The number of amides is 1. The van der Waals surface area contributed by atoms with Crippen LogP contribution in [-0.4, -0.2) is 22.2 Å². The predicted octanol–water partition coefficient (Wildman–Crippen LogP) is 4.09. The summed E-state index contributed by atoms with van der Waals surface area (Å²) in [6.07, 6.45) is 6.25. The van der Waals surface area contributed by atoms with E-state index in [9.17, 15) is 22.4 Å². The summed E-state index contributed by atoms with van der Waals surface area (Å²) in [6, 6.07) is 6.16. The van der Waals surface area contributed by atoms with E-state index >= 15 is 0 Å². The topological polar surface area (TPSA) is 32.7 Å². The van der Waals surface area contributed by atoms with Gasteiger partial charge in [0.15, 0.2) is 0 Å². The van der Waals surface area contributed by atoms with E-state index in [0.717, 1.165) is 24.3 Å². The molecule has 4 rings (SSSR count). The van der Waals surface area contributed by atoms with Crippen molar-refractivity contribution >= 4 is 11.7 Å². The first-order valence-corrected chi connectivity index (χ1v) is 8.54. The van der Waals surface area contributed by atoms with Crippen LogP contribution in [-0.2, 0) is 17.6 Å². The van der Waals surface area contributed by atoms with E-state index in [1.54, 1.807) is 29.3 Å². The minimum Gasteiger partial charge on any atom is -0.317 e. The molecule has 2 aromatic rings. The van der Waals surface area contributed by atoms with Crippen molar-refractivity contribution in [3.8, 4) is 0 Å². The number of carbonyl (C=O) groups excluding carboxylic acids is 1. The normalized spacial score (nSPS) is 17.1. The summed E-state index contributed by atoms with van der Waals surface area (Å²) in [5.41, 5.74) is -1.26. The van der Waals surface area contributed by atoms with Crippen LogP contribution in [0.4, 0.5) is 17.6 Å². The summed E-state index contributed by atoms with van der Waals surface area (Å²) in [5.74, 6) is -3.33. The lowest BCUT2D eigenvalue weighted by Crippen LogP contribution is -2.53. The first-order chi connectivity index (χ1) is 13.4. The van der Waals surface area contributed by atoms with Crippen LogP contribution in [0.25, 0.3) is 0 Å². The molecule has 0 aromatic heterocycles. The SMILES string of the molecule is O=C1N=C2C=CC=CN2C1(Cc1ccc(F)cc1F)Cc1ccc(F)cc1F. The first kappa shape index (κ1) is 18.2. The molecule has 0 bridgehead atoms. The highest BCUT2D eigenvalue weighted by Gasteiger charge is 2.50.